The monoisotopic (exact) mass is 835 g/mol. The molecule has 1 heterocycles. The SMILES string of the molecule is C=NC(=NC(=NCc1ccc2c(c1)C1(c3ccccc3C3(c4ccccc4-c4ccccc43)c3ccccc31)c1c-2ccc2c1S/C=C\C=C/C2=C)c1ccccc1)c1ccccc1. The molecule has 0 fully saturated rings. The standard InChI is InChI=1S/C60H41N3S/c1-39-19-17-18-36-64-56-43(39)34-35-47-46-33-32-40(38-62-58(42-22-7-4-8-23-42)63-57(61-2)41-20-5-3-6-21-41)37-54(46)60(55(47)56)52-30-15-13-28-50(52)59(51-29-14-16-31-53(51)60)48-26-11-9-24-44(48)45-25-10-12-27-49(45)59/h3-37H,1-2,38H2/b19-17-,36-18-,62-58?,63-57?. The smallest absolute Gasteiger partial charge is 0.161 e. The van der Waals surface area contributed by atoms with E-state index >= 15 is 0 Å². The number of rotatable bonds is 4. The highest BCUT2D eigenvalue weighted by atomic mass is 32.2. The second kappa shape index (κ2) is 15.0. The van der Waals surface area contributed by atoms with E-state index in [1.165, 1.54) is 71.7 Å². The Balaban J connectivity index is 1.14. The Morgan fingerprint density at radius 3 is 1.58 bits per heavy atom. The summed E-state index contributed by atoms with van der Waals surface area (Å²) < 4.78 is 0. The summed E-state index contributed by atoms with van der Waals surface area (Å²) in [4.78, 5) is 16.0. The lowest BCUT2D eigenvalue weighted by Crippen LogP contribution is -2.44. The van der Waals surface area contributed by atoms with E-state index in [0.717, 1.165) is 27.8 Å². The van der Waals surface area contributed by atoms with Crippen LogP contribution in [0.2, 0.25) is 0 Å². The van der Waals surface area contributed by atoms with Crippen molar-refractivity contribution in [2.45, 2.75) is 22.3 Å². The number of thioether (sulfide) groups is 1. The number of nitrogens with zero attached hydrogens (tertiary/aromatic N) is 3. The van der Waals surface area contributed by atoms with Gasteiger partial charge in [0.05, 0.1) is 17.4 Å². The van der Waals surface area contributed by atoms with E-state index in [1.54, 1.807) is 11.8 Å². The van der Waals surface area contributed by atoms with Crippen LogP contribution >= 0.6 is 11.8 Å². The maximum absolute atomic E-state index is 5.29. The maximum atomic E-state index is 5.29. The number of benzene rings is 8. The molecule has 0 bridgehead atoms. The van der Waals surface area contributed by atoms with Gasteiger partial charge >= 0.3 is 0 Å². The largest absolute Gasteiger partial charge is 0.261 e. The average molecular weight is 836 g/mol. The minimum Gasteiger partial charge on any atom is -0.261 e. The summed E-state index contributed by atoms with van der Waals surface area (Å²) in [6.45, 7) is 8.93. The van der Waals surface area contributed by atoms with E-state index in [-0.39, 0.29) is 0 Å². The van der Waals surface area contributed by atoms with Gasteiger partial charge in [-0.1, -0.05) is 225 Å². The summed E-state index contributed by atoms with van der Waals surface area (Å²) in [6, 6.07) is 68.5. The molecule has 0 aromatic heterocycles. The summed E-state index contributed by atoms with van der Waals surface area (Å²) >= 11 is 1.80. The van der Waals surface area contributed by atoms with Gasteiger partial charge in [-0.3, -0.25) is 4.99 Å². The van der Waals surface area contributed by atoms with E-state index < -0.39 is 10.8 Å². The van der Waals surface area contributed by atoms with E-state index in [0.29, 0.717) is 18.2 Å². The Morgan fingerprint density at radius 1 is 0.469 bits per heavy atom. The first-order chi connectivity index (χ1) is 31.6. The highest BCUT2D eigenvalue weighted by Crippen LogP contribution is 2.68. The summed E-state index contributed by atoms with van der Waals surface area (Å²) in [6.07, 6.45) is 6.36. The molecule has 0 amide bonds. The van der Waals surface area contributed by atoms with Crippen LogP contribution in [0.5, 0.6) is 0 Å². The molecule has 8 aromatic carbocycles. The van der Waals surface area contributed by atoms with Gasteiger partial charge in [0.1, 0.15) is 0 Å². The molecule has 8 aromatic rings. The molecule has 0 saturated carbocycles. The normalized spacial score (nSPS) is 16.6. The third kappa shape index (κ3) is 5.39. The quantitative estimate of drug-likeness (QED) is 0.129. The van der Waals surface area contributed by atoms with Crippen molar-refractivity contribution >= 4 is 35.7 Å². The van der Waals surface area contributed by atoms with Crippen LogP contribution in [0.15, 0.2) is 238 Å². The van der Waals surface area contributed by atoms with Crippen LogP contribution in [-0.4, -0.2) is 18.4 Å². The molecule has 3 nitrogen and oxygen atoms in total. The molecule has 0 atom stereocenters. The number of allylic oxidation sites excluding steroid dienone is 4. The number of aliphatic imine (C=N–C) groups is 3. The fraction of sp³-hybridized carbons (Fsp3) is 0.0500. The molecular weight excluding hydrogens is 795 g/mol. The van der Waals surface area contributed by atoms with Crippen LogP contribution < -0.4 is 0 Å². The Morgan fingerprint density at radius 2 is 0.969 bits per heavy atom. The number of amidine groups is 2. The first-order valence-corrected chi connectivity index (χ1v) is 22.6. The summed E-state index contributed by atoms with van der Waals surface area (Å²) in [7, 11) is 0. The van der Waals surface area contributed by atoms with Crippen LogP contribution in [0.3, 0.4) is 0 Å². The van der Waals surface area contributed by atoms with Crippen molar-refractivity contribution in [3.63, 3.8) is 0 Å². The van der Waals surface area contributed by atoms with E-state index in [2.05, 4.69) is 181 Å². The number of hydrogen-bond acceptors (Lipinski definition) is 2. The Bertz CT molecular complexity index is 3280. The molecule has 0 unspecified atom stereocenters. The Hall–Kier alpha value is -7.66. The molecule has 1 aliphatic heterocycles. The molecule has 0 N–H and O–H groups in total. The molecule has 302 valence electrons. The van der Waals surface area contributed by atoms with Gasteiger partial charge in [0.2, 0.25) is 0 Å². The summed E-state index contributed by atoms with van der Waals surface area (Å²) in [5.41, 5.74) is 19.3. The second-order valence-electron chi connectivity index (χ2n) is 16.7. The van der Waals surface area contributed by atoms with Crippen molar-refractivity contribution in [2.24, 2.45) is 15.0 Å². The molecule has 3 aliphatic carbocycles. The second-order valence-corrected chi connectivity index (χ2v) is 17.6. The molecule has 4 aliphatic rings. The van der Waals surface area contributed by atoms with Crippen LogP contribution in [0.1, 0.15) is 66.8 Å². The van der Waals surface area contributed by atoms with Crippen LogP contribution in [0, 0.1) is 0 Å². The van der Waals surface area contributed by atoms with Gasteiger partial charge in [-0.15, -0.1) is 0 Å². The first-order valence-electron chi connectivity index (χ1n) is 21.7. The van der Waals surface area contributed by atoms with Crippen molar-refractivity contribution in [1.29, 1.82) is 0 Å². The third-order valence-electron chi connectivity index (χ3n) is 13.6. The fourth-order valence-electron chi connectivity index (χ4n) is 11.1. The van der Waals surface area contributed by atoms with E-state index in [1.807, 2.05) is 48.5 Å². The lowest BCUT2D eigenvalue weighted by atomic mass is 9.52. The highest BCUT2D eigenvalue weighted by Gasteiger charge is 2.59. The highest BCUT2D eigenvalue weighted by molar-refractivity contribution is 8.02. The van der Waals surface area contributed by atoms with E-state index in [4.69, 9.17) is 9.98 Å². The average Bonchev–Trinajstić information content (AvgIpc) is 3.81. The van der Waals surface area contributed by atoms with Gasteiger partial charge in [0, 0.05) is 16.0 Å². The zero-order valence-electron chi connectivity index (χ0n) is 35.1. The van der Waals surface area contributed by atoms with E-state index in [9.17, 15) is 0 Å². The van der Waals surface area contributed by atoms with Crippen molar-refractivity contribution in [3.8, 4) is 22.3 Å². The van der Waals surface area contributed by atoms with Gasteiger partial charge in [-0.25, -0.2) is 9.98 Å². The molecule has 2 spiro atoms. The minimum absolute atomic E-state index is 0.415. The zero-order chi connectivity index (χ0) is 42.8. The van der Waals surface area contributed by atoms with Crippen LogP contribution in [0.25, 0.3) is 27.8 Å². The zero-order valence-corrected chi connectivity index (χ0v) is 35.9. The van der Waals surface area contributed by atoms with Crippen molar-refractivity contribution in [2.75, 3.05) is 0 Å². The molecule has 12 rings (SSSR count). The fourth-order valence-corrected chi connectivity index (χ4v) is 12.1. The lowest BCUT2D eigenvalue weighted by Gasteiger charge is -2.49. The summed E-state index contributed by atoms with van der Waals surface area (Å²) in [5, 5.41) is 2.22. The molecular formula is C60H41N3S. The van der Waals surface area contributed by atoms with Gasteiger partial charge in [-0.2, -0.15) is 0 Å². The Kier molecular flexibility index (Phi) is 8.92. The molecule has 64 heavy (non-hydrogen) atoms. The third-order valence-corrected chi connectivity index (χ3v) is 14.5. The van der Waals surface area contributed by atoms with Gasteiger partial charge in [-0.05, 0) is 95.6 Å². The Labute approximate surface area is 378 Å². The first kappa shape index (κ1) is 38.0. The topological polar surface area (TPSA) is 37.1 Å². The van der Waals surface area contributed by atoms with Gasteiger partial charge in [0.25, 0.3) is 0 Å². The van der Waals surface area contributed by atoms with Crippen molar-refractivity contribution < 1.29 is 0 Å². The van der Waals surface area contributed by atoms with Gasteiger partial charge in [0.15, 0.2) is 11.7 Å². The van der Waals surface area contributed by atoms with Crippen LogP contribution in [0.4, 0.5) is 0 Å². The molecule has 0 radical (unpaired) electrons. The van der Waals surface area contributed by atoms with Crippen molar-refractivity contribution in [3.05, 3.63) is 285 Å². The predicted octanol–water partition coefficient (Wildman–Crippen LogP) is 14.0. The van der Waals surface area contributed by atoms with Gasteiger partial charge < -0.3 is 0 Å². The number of fused-ring (bicyclic) bond motifs is 18. The van der Waals surface area contributed by atoms with Crippen LogP contribution in [-0.2, 0) is 17.4 Å². The lowest BCUT2D eigenvalue weighted by molar-refractivity contribution is 0.626. The molecule has 0 saturated heterocycles. The maximum Gasteiger partial charge on any atom is 0.161 e. The summed E-state index contributed by atoms with van der Waals surface area (Å²) in [5.74, 6) is 1.14. The predicted molar refractivity (Wildman–Crippen MR) is 267 cm³/mol. The number of hydrogen-bond donors (Lipinski definition) is 0. The van der Waals surface area contributed by atoms with Crippen molar-refractivity contribution in [1.82, 2.24) is 0 Å². The molecule has 4 heteroatoms. The minimum atomic E-state index is -0.682.